The number of aromatic nitrogens is 2. The van der Waals surface area contributed by atoms with Gasteiger partial charge in [0.05, 0.1) is 0 Å². The van der Waals surface area contributed by atoms with E-state index in [9.17, 15) is 0 Å². The first kappa shape index (κ1) is 21.8. The molecule has 0 radical (unpaired) electrons. The van der Waals surface area contributed by atoms with Crippen molar-refractivity contribution in [1.82, 2.24) is 15.3 Å². The molecule has 2 N–H and O–H groups in total. The molecule has 0 amide bonds. The van der Waals surface area contributed by atoms with Crippen molar-refractivity contribution in [2.75, 3.05) is 41.3 Å². The molecule has 0 unspecified atom stereocenters. The maximum absolute atomic E-state index is 5.50. The minimum absolute atomic E-state index is 0.542. The lowest BCUT2D eigenvalue weighted by Crippen LogP contribution is -2.39. The third kappa shape index (κ3) is 5.85. The van der Waals surface area contributed by atoms with E-state index in [1.54, 1.807) is 0 Å². The van der Waals surface area contributed by atoms with Crippen molar-refractivity contribution >= 4 is 34.8 Å². The molecule has 0 spiro atoms. The molecule has 2 saturated heterocycles. The molecule has 0 saturated carbocycles. The highest BCUT2D eigenvalue weighted by atomic mass is 32.1. The van der Waals surface area contributed by atoms with Crippen LogP contribution < -0.4 is 20.4 Å². The molecule has 3 heterocycles. The fraction of sp³-hybridized carbons (Fsp3) is 0.542. The number of hydrogen-bond acceptors (Lipinski definition) is 5. The molecule has 6 nitrogen and oxygen atoms in total. The summed E-state index contributed by atoms with van der Waals surface area (Å²) in [7, 11) is 0. The van der Waals surface area contributed by atoms with Crippen LogP contribution in [0.25, 0.3) is 0 Å². The lowest BCUT2D eigenvalue weighted by atomic mass is 9.92. The van der Waals surface area contributed by atoms with Crippen LogP contribution in [0.3, 0.4) is 0 Å². The number of hydrogen-bond donors (Lipinski definition) is 2. The monoisotopic (exact) mass is 438 g/mol. The fourth-order valence-corrected chi connectivity index (χ4v) is 4.91. The number of nitrogens with zero attached hydrogens (tertiary/aromatic N) is 4. The van der Waals surface area contributed by atoms with Crippen molar-refractivity contribution in [1.29, 1.82) is 0 Å². The summed E-state index contributed by atoms with van der Waals surface area (Å²) < 4.78 is 0. The molecule has 2 aromatic rings. The van der Waals surface area contributed by atoms with E-state index in [-0.39, 0.29) is 0 Å². The molecular formula is C24H34N6S. The minimum Gasteiger partial charge on any atom is -0.372 e. The fourth-order valence-electron chi connectivity index (χ4n) is 4.75. The van der Waals surface area contributed by atoms with Gasteiger partial charge in [-0.05, 0) is 67.9 Å². The molecule has 2 aliphatic rings. The Hall–Kier alpha value is -2.41. The van der Waals surface area contributed by atoms with Gasteiger partial charge in [0.25, 0.3) is 0 Å². The van der Waals surface area contributed by atoms with E-state index >= 15 is 0 Å². The average Bonchev–Trinajstić information content (AvgIpc) is 3.26. The van der Waals surface area contributed by atoms with Gasteiger partial charge in [0.15, 0.2) is 5.11 Å². The molecule has 4 rings (SSSR count). The highest BCUT2D eigenvalue weighted by Crippen LogP contribution is 2.26. The van der Waals surface area contributed by atoms with Gasteiger partial charge >= 0.3 is 0 Å². The minimum atomic E-state index is 0.542. The molecule has 166 valence electrons. The average molecular weight is 439 g/mol. The van der Waals surface area contributed by atoms with Crippen LogP contribution >= 0.6 is 12.2 Å². The first-order valence-corrected chi connectivity index (χ1v) is 11.9. The molecule has 1 aromatic carbocycles. The predicted octanol–water partition coefficient (Wildman–Crippen LogP) is 4.35. The summed E-state index contributed by atoms with van der Waals surface area (Å²) in [6.45, 7) is 11.7. The van der Waals surface area contributed by atoms with Gasteiger partial charge in [-0.2, -0.15) is 4.98 Å². The molecule has 2 atom stereocenters. The van der Waals surface area contributed by atoms with Crippen LogP contribution in [0.15, 0.2) is 30.3 Å². The number of rotatable bonds is 5. The predicted molar refractivity (Wildman–Crippen MR) is 133 cm³/mol. The summed E-state index contributed by atoms with van der Waals surface area (Å²) in [6, 6.07) is 10.8. The maximum atomic E-state index is 5.50. The lowest BCUT2D eigenvalue weighted by molar-refractivity contribution is 0.355. The second-order valence-electron chi connectivity index (χ2n) is 9.21. The van der Waals surface area contributed by atoms with Crippen LogP contribution in [0.1, 0.15) is 44.4 Å². The van der Waals surface area contributed by atoms with Gasteiger partial charge in [0.1, 0.15) is 5.82 Å². The van der Waals surface area contributed by atoms with Crippen LogP contribution in [0, 0.1) is 18.8 Å². The molecule has 0 bridgehead atoms. The molecule has 2 fully saturated rings. The van der Waals surface area contributed by atoms with Crippen molar-refractivity contribution in [3.63, 3.8) is 0 Å². The van der Waals surface area contributed by atoms with Gasteiger partial charge in [-0.3, -0.25) is 0 Å². The quantitative estimate of drug-likeness (QED) is 0.673. The van der Waals surface area contributed by atoms with Gasteiger partial charge in [-0.15, -0.1) is 0 Å². The van der Waals surface area contributed by atoms with Crippen LogP contribution in [-0.4, -0.2) is 41.3 Å². The Morgan fingerprint density at radius 1 is 1.03 bits per heavy atom. The number of aryl methyl sites for hydroxylation is 1. The normalized spacial score (nSPS) is 21.3. The van der Waals surface area contributed by atoms with E-state index < -0.39 is 0 Å². The number of thiocarbonyl (C=S) groups is 1. The first-order valence-electron chi connectivity index (χ1n) is 11.5. The Bertz CT molecular complexity index is 883. The number of nitrogens with one attached hydrogen (secondary N) is 2. The van der Waals surface area contributed by atoms with Crippen molar-refractivity contribution in [2.45, 2.75) is 46.6 Å². The second kappa shape index (κ2) is 9.81. The number of anilines is 3. The lowest BCUT2D eigenvalue weighted by Gasteiger charge is -2.36. The molecular weight excluding hydrogens is 404 g/mol. The van der Waals surface area contributed by atoms with E-state index in [2.05, 4.69) is 69.6 Å². The van der Waals surface area contributed by atoms with Crippen LogP contribution in [-0.2, 0) is 6.54 Å². The Morgan fingerprint density at radius 2 is 1.71 bits per heavy atom. The van der Waals surface area contributed by atoms with Crippen molar-refractivity contribution < 1.29 is 0 Å². The number of benzene rings is 1. The summed E-state index contributed by atoms with van der Waals surface area (Å²) in [5.74, 6) is 2.89. The summed E-state index contributed by atoms with van der Waals surface area (Å²) in [5.41, 5.74) is 3.46. The second-order valence-corrected chi connectivity index (χ2v) is 9.62. The maximum Gasteiger partial charge on any atom is 0.231 e. The van der Waals surface area contributed by atoms with E-state index in [0.717, 1.165) is 24.6 Å². The Morgan fingerprint density at radius 3 is 2.39 bits per heavy atom. The van der Waals surface area contributed by atoms with Crippen LogP contribution in [0.5, 0.6) is 0 Å². The number of piperidine rings is 1. The Kier molecular flexibility index (Phi) is 6.90. The third-order valence-electron chi connectivity index (χ3n) is 6.12. The summed E-state index contributed by atoms with van der Waals surface area (Å²) >= 11 is 5.50. The molecule has 7 heteroatoms. The first-order chi connectivity index (χ1) is 15.0. The van der Waals surface area contributed by atoms with Crippen LogP contribution in [0.4, 0.5) is 17.5 Å². The molecule has 31 heavy (non-hydrogen) atoms. The zero-order chi connectivity index (χ0) is 21.8. The van der Waals surface area contributed by atoms with E-state index in [1.807, 2.05) is 6.92 Å². The van der Waals surface area contributed by atoms with Gasteiger partial charge in [0.2, 0.25) is 5.95 Å². The molecule has 2 aliphatic heterocycles. The van der Waals surface area contributed by atoms with E-state index in [4.69, 9.17) is 17.2 Å². The van der Waals surface area contributed by atoms with Gasteiger partial charge in [-0.25, -0.2) is 4.98 Å². The van der Waals surface area contributed by atoms with Crippen molar-refractivity contribution in [2.24, 2.45) is 11.8 Å². The molecule has 1 aromatic heterocycles. The highest BCUT2D eigenvalue weighted by molar-refractivity contribution is 7.80. The standard InChI is InChI=1S/C24H34N6S/c1-17-12-18(2)16-30(15-17)22-13-19(3)26-23(27-22)28-24(31)25-14-20-6-8-21(9-7-20)29-10-4-5-11-29/h6-9,13,17-18H,4-5,10-12,14-16H2,1-3H3,(H2,25,26,27,28,31)/t17-,18+. The third-order valence-corrected chi connectivity index (χ3v) is 6.37. The zero-order valence-corrected chi connectivity index (χ0v) is 19.7. The van der Waals surface area contributed by atoms with E-state index in [0.29, 0.717) is 29.4 Å². The summed E-state index contributed by atoms with van der Waals surface area (Å²) in [6.07, 6.45) is 3.86. The summed E-state index contributed by atoms with van der Waals surface area (Å²) in [5, 5.41) is 7.00. The SMILES string of the molecule is Cc1cc(N2C[C@H](C)C[C@H](C)C2)nc(NC(=S)NCc2ccc(N3CCCC3)cc2)n1. The van der Waals surface area contributed by atoms with Gasteiger partial charge in [-0.1, -0.05) is 26.0 Å². The smallest absolute Gasteiger partial charge is 0.231 e. The van der Waals surface area contributed by atoms with Gasteiger partial charge in [0, 0.05) is 50.2 Å². The van der Waals surface area contributed by atoms with Crippen molar-refractivity contribution in [3.05, 3.63) is 41.6 Å². The highest BCUT2D eigenvalue weighted by Gasteiger charge is 2.23. The Labute approximate surface area is 191 Å². The largest absolute Gasteiger partial charge is 0.372 e. The van der Waals surface area contributed by atoms with E-state index in [1.165, 1.54) is 43.6 Å². The topological polar surface area (TPSA) is 56.3 Å². The zero-order valence-electron chi connectivity index (χ0n) is 18.9. The van der Waals surface area contributed by atoms with Crippen molar-refractivity contribution in [3.8, 4) is 0 Å². The van der Waals surface area contributed by atoms with Gasteiger partial charge < -0.3 is 20.4 Å². The van der Waals surface area contributed by atoms with Crippen LogP contribution in [0.2, 0.25) is 0 Å². The summed E-state index contributed by atoms with van der Waals surface area (Å²) in [4.78, 5) is 14.1. The molecule has 0 aliphatic carbocycles. The Balaban J connectivity index is 1.33.